The van der Waals surface area contributed by atoms with E-state index in [1.54, 1.807) is 0 Å². The number of aliphatic hydroxyl groups is 2. The molecule has 0 bridgehead atoms. The van der Waals surface area contributed by atoms with Crippen LogP contribution in [0.3, 0.4) is 0 Å². The molecule has 8 heteroatoms. The Morgan fingerprint density at radius 2 is 1.97 bits per heavy atom. The molecule has 168 valence electrons. The van der Waals surface area contributed by atoms with Gasteiger partial charge >= 0.3 is 0 Å². The Labute approximate surface area is 187 Å². The minimum atomic E-state index is -0.814. The number of hydrazone groups is 1. The summed E-state index contributed by atoms with van der Waals surface area (Å²) < 4.78 is 0. The first-order chi connectivity index (χ1) is 15.4. The van der Waals surface area contributed by atoms with Crippen LogP contribution in [0.2, 0.25) is 0 Å². The fourth-order valence-electron chi connectivity index (χ4n) is 4.82. The van der Waals surface area contributed by atoms with Crippen molar-refractivity contribution in [3.63, 3.8) is 0 Å². The van der Waals surface area contributed by atoms with Gasteiger partial charge in [-0.05, 0) is 31.6 Å². The summed E-state index contributed by atoms with van der Waals surface area (Å²) in [5.74, 6) is 1.18. The highest BCUT2D eigenvalue weighted by atomic mass is 16.3. The van der Waals surface area contributed by atoms with Crippen LogP contribution in [0.4, 0.5) is 5.82 Å². The van der Waals surface area contributed by atoms with E-state index in [-0.39, 0.29) is 23.8 Å². The van der Waals surface area contributed by atoms with Crippen molar-refractivity contribution in [2.24, 2.45) is 16.9 Å². The monoisotopic (exact) mass is 434 g/mol. The number of fused-ring (bicyclic) bond motifs is 1. The molecule has 8 nitrogen and oxygen atoms in total. The smallest absolute Gasteiger partial charge is 0.141 e. The summed E-state index contributed by atoms with van der Waals surface area (Å²) in [5, 5.41) is 33.4. The molecule has 1 aliphatic carbocycles. The molecule has 3 unspecified atom stereocenters. The lowest BCUT2D eigenvalue weighted by molar-refractivity contribution is 0.0219. The van der Waals surface area contributed by atoms with Crippen LogP contribution < -0.4 is 16.1 Å². The summed E-state index contributed by atoms with van der Waals surface area (Å²) in [6.45, 7) is 5.93. The van der Waals surface area contributed by atoms with Crippen LogP contribution in [0.5, 0.6) is 0 Å². The second-order valence-electron chi connectivity index (χ2n) is 9.41. The summed E-state index contributed by atoms with van der Waals surface area (Å²) in [6.07, 6.45) is 7.02. The van der Waals surface area contributed by atoms with Crippen LogP contribution in [0.25, 0.3) is 10.9 Å². The number of anilines is 1. The SMILES string of the molecule is CC(C)(O)[C@@H]1CNC[C@H]1Nc1nc(C2C=C(C3C=NNC3)C=CC2O)nc2ccccc12. The number of hydrogen-bond donors (Lipinski definition) is 5. The van der Waals surface area contributed by atoms with E-state index in [1.807, 2.05) is 56.5 Å². The zero-order valence-corrected chi connectivity index (χ0v) is 18.4. The lowest BCUT2D eigenvalue weighted by Gasteiger charge is -2.31. The highest BCUT2D eigenvalue weighted by molar-refractivity contribution is 5.89. The average molecular weight is 435 g/mol. The first kappa shape index (κ1) is 21.1. The highest BCUT2D eigenvalue weighted by Crippen LogP contribution is 2.33. The van der Waals surface area contributed by atoms with E-state index >= 15 is 0 Å². The molecular weight excluding hydrogens is 404 g/mol. The van der Waals surface area contributed by atoms with Crippen molar-refractivity contribution < 1.29 is 10.2 Å². The first-order valence-corrected chi connectivity index (χ1v) is 11.2. The van der Waals surface area contributed by atoms with Gasteiger partial charge in [-0.15, -0.1) is 0 Å². The molecule has 3 aliphatic rings. The molecule has 1 aromatic heterocycles. The number of benzene rings is 1. The van der Waals surface area contributed by atoms with Gasteiger partial charge in [-0.2, -0.15) is 5.10 Å². The first-order valence-electron chi connectivity index (χ1n) is 11.2. The molecule has 1 aromatic carbocycles. The second-order valence-corrected chi connectivity index (χ2v) is 9.41. The number of nitrogens with one attached hydrogen (secondary N) is 3. The predicted molar refractivity (Wildman–Crippen MR) is 126 cm³/mol. The van der Waals surface area contributed by atoms with Gasteiger partial charge in [-0.3, -0.25) is 0 Å². The Hall–Kier alpha value is -2.81. The Morgan fingerprint density at radius 1 is 1.12 bits per heavy atom. The van der Waals surface area contributed by atoms with Crippen molar-refractivity contribution in [2.75, 3.05) is 25.0 Å². The molecule has 0 radical (unpaired) electrons. The van der Waals surface area contributed by atoms with E-state index in [1.165, 1.54) is 0 Å². The number of rotatable bonds is 5. The number of aromatic nitrogens is 2. The molecule has 1 fully saturated rings. The van der Waals surface area contributed by atoms with Gasteiger partial charge in [-0.25, -0.2) is 9.97 Å². The third kappa shape index (κ3) is 4.01. The number of para-hydroxylation sites is 1. The van der Waals surface area contributed by atoms with Gasteiger partial charge in [-0.1, -0.05) is 30.4 Å². The molecule has 32 heavy (non-hydrogen) atoms. The van der Waals surface area contributed by atoms with E-state index in [0.717, 1.165) is 41.9 Å². The Morgan fingerprint density at radius 3 is 2.75 bits per heavy atom. The molecule has 0 amide bonds. The Bertz CT molecular complexity index is 1090. The lowest BCUT2D eigenvalue weighted by Crippen LogP contribution is -2.42. The van der Waals surface area contributed by atoms with Crippen molar-refractivity contribution in [3.05, 3.63) is 53.9 Å². The number of aliphatic hydroxyl groups excluding tert-OH is 1. The van der Waals surface area contributed by atoms with Gasteiger partial charge in [0.25, 0.3) is 0 Å². The normalized spacial score (nSPS) is 29.9. The zero-order chi connectivity index (χ0) is 22.3. The minimum absolute atomic E-state index is 0.0317. The molecule has 5 N–H and O–H groups in total. The topological polar surface area (TPSA) is 115 Å². The molecule has 2 aliphatic heterocycles. The molecule has 3 heterocycles. The molecule has 1 saturated heterocycles. The van der Waals surface area contributed by atoms with Crippen LogP contribution in [0, 0.1) is 11.8 Å². The number of allylic oxidation sites excluding steroid dienone is 1. The van der Waals surface area contributed by atoms with Crippen LogP contribution in [0.1, 0.15) is 25.6 Å². The third-order valence-electron chi connectivity index (χ3n) is 6.67. The van der Waals surface area contributed by atoms with Gasteiger partial charge in [0.05, 0.1) is 23.1 Å². The zero-order valence-electron chi connectivity index (χ0n) is 18.4. The van der Waals surface area contributed by atoms with E-state index in [4.69, 9.17) is 9.97 Å². The Balaban J connectivity index is 1.52. The fraction of sp³-hybridized carbons (Fsp3) is 0.458. The van der Waals surface area contributed by atoms with Crippen LogP contribution in [-0.2, 0) is 0 Å². The van der Waals surface area contributed by atoms with Crippen molar-refractivity contribution in [1.82, 2.24) is 20.7 Å². The van der Waals surface area contributed by atoms with Gasteiger partial charge in [0.1, 0.15) is 11.6 Å². The number of hydrogen-bond acceptors (Lipinski definition) is 8. The second kappa shape index (κ2) is 8.27. The van der Waals surface area contributed by atoms with Crippen LogP contribution >= 0.6 is 0 Å². The van der Waals surface area contributed by atoms with Crippen molar-refractivity contribution in [1.29, 1.82) is 0 Å². The van der Waals surface area contributed by atoms with Crippen LogP contribution in [-0.4, -0.2) is 63.8 Å². The molecule has 0 spiro atoms. The van der Waals surface area contributed by atoms with E-state index < -0.39 is 11.7 Å². The van der Waals surface area contributed by atoms with E-state index in [9.17, 15) is 10.2 Å². The summed E-state index contributed by atoms with van der Waals surface area (Å²) in [7, 11) is 0. The fourth-order valence-corrected chi connectivity index (χ4v) is 4.82. The average Bonchev–Trinajstić information content (AvgIpc) is 3.46. The number of nitrogens with zero attached hydrogens (tertiary/aromatic N) is 3. The van der Waals surface area contributed by atoms with Crippen molar-refractivity contribution in [2.45, 2.75) is 37.5 Å². The summed E-state index contributed by atoms with van der Waals surface area (Å²) in [6, 6.07) is 7.93. The summed E-state index contributed by atoms with van der Waals surface area (Å²) in [4.78, 5) is 9.71. The lowest BCUT2D eigenvalue weighted by atomic mass is 9.86. The maximum Gasteiger partial charge on any atom is 0.141 e. The van der Waals surface area contributed by atoms with Crippen LogP contribution in [0.15, 0.2) is 53.2 Å². The summed E-state index contributed by atoms with van der Waals surface area (Å²) in [5.41, 5.74) is 4.10. The van der Waals surface area contributed by atoms with Gasteiger partial charge in [0.2, 0.25) is 0 Å². The van der Waals surface area contributed by atoms with Crippen molar-refractivity contribution >= 4 is 22.9 Å². The third-order valence-corrected chi connectivity index (χ3v) is 6.67. The molecule has 5 rings (SSSR count). The molecular formula is C24H30N6O2. The molecule has 0 saturated carbocycles. The largest absolute Gasteiger partial charge is 0.390 e. The summed E-state index contributed by atoms with van der Waals surface area (Å²) >= 11 is 0. The standard InChI is InChI=1S/C24H30N6O2/c1-24(2,32)18-12-25-13-20(18)29-22-16-5-3-4-6-19(16)28-23(30-22)17-9-14(7-8-21(17)31)15-10-26-27-11-15/h3-10,15,17-18,20-21,25,27,31-32H,11-13H2,1-2H3,(H,28,29,30)/t15?,17?,18-,20-,21?/m1/s1. The molecule has 2 aromatic rings. The van der Waals surface area contributed by atoms with Crippen molar-refractivity contribution in [3.8, 4) is 0 Å². The van der Waals surface area contributed by atoms with E-state index in [0.29, 0.717) is 5.82 Å². The maximum atomic E-state index is 10.8. The quantitative estimate of drug-likeness (QED) is 0.485. The predicted octanol–water partition coefficient (Wildman–Crippen LogP) is 1.55. The molecule has 5 atom stereocenters. The van der Waals surface area contributed by atoms with Gasteiger partial charge in [0, 0.05) is 49.1 Å². The Kier molecular flexibility index (Phi) is 5.44. The van der Waals surface area contributed by atoms with Gasteiger partial charge in [0.15, 0.2) is 0 Å². The minimum Gasteiger partial charge on any atom is -0.390 e. The van der Waals surface area contributed by atoms with E-state index in [2.05, 4.69) is 27.2 Å². The maximum absolute atomic E-state index is 10.8. The van der Waals surface area contributed by atoms with Gasteiger partial charge < -0.3 is 26.3 Å². The highest BCUT2D eigenvalue weighted by Gasteiger charge is 2.38.